The number of carbonyl (C=O) groups excluding carboxylic acids is 1. The van der Waals surface area contributed by atoms with Gasteiger partial charge in [0.1, 0.15) is 23.5 Å². The van der Waals surface area contributed by atoms with Gasteiger partial charge >= 0.3 is 6.09 Å². The van der Waals surface area contributed by atoms with Gasteiger partial charge in [-0.1, -0.05) is 13.8 Å². The molecule has 0 unspecified atom stereocenters. The van der Waals surface area contributed by atoms with E-state index in [2.05, 4.69) is 34.2 Å². The Morgan fingerprint density at radius 1 is 1.12 bits per heavy atom. The van der Waals surface area contributed by atoms with Gasteiger partial charge in [0.25, 0.3) is 0 Å². The van der Waals surface area contributed by atoms with Gasteiger partial charge in [0.2, 0.25) is 0 Å². The molecule has 0 radical (unpaired) electrons. The zero-order valence-electron chi connectivity index (χ0n) is 20.5. The maximum atomic E-state index is 12.5. The maximum Gasteiger partial charge on any atom is 0.408 e. The quantitative estimate of drug-likeness (QED) is 0.363. The Hall–Kier alpha value is -3.20. The summed E-state index contributed by atoms with van der Waals surface area (Å²) in [4.78, 5) is 21.4. The van der Waals surface area contributed by atoms with E-state index in [4.69, 9.17) is 9.47 Å². The van der Waals surface area contributed by atoms with Crippen LogP contribution in [0.4, 0.5) is 4.79 Å². The second kappa shape index (κ2) is 9.21. The summed E-state index contributed by atoms with van der Waals surface area (Å²) in [5.74, 6) is 1.03. The zero-order chi connectivity index (χ0) is 24.5. The monoisotopic (exact) mass is 481 g/mol. The molecule has 0 bridgehead atoms. The van der Waals surface area contributed by atoms with E-state index in [9.17, 15) is 4.79 Å². The van der Waals surface area contributed by atoms with Crippen molar-refractivity contribution >= 4 is 33.3 Å². The molecule has 34 heavy (non-hydrogen) atoms. The molecule has 0 aliphatic heterocycles. The minimum absolute atomic E-state index is 0.287. The second-order valence-electron chi connectivity index (χ2n) is 10.1. The Kier molecular flexibility index (Phi) is 6.49. The fourth-order valence-corrected chi connectivity index (χ4v) is 4.95. The number of thiazole rings is 1. The van der Waals surface area contributed by atoms with Crippen molar-refractivity contribution in [2.75, 3.05) is 6.61 Å². The summed E-state index contributed by atoms with van der Waals surface area (Å²) in [5, 5.41) is 7.44. The number of ether oxygens (including phenoxy) is 2. The van der Waals surface area contributed by atoms with Crippen molar-refractivity contribution in [3.63, 3.8) is 0 Å². The number of benzene rings is 1. The Bertz CT molecular complexity index is 1310. The number of nitrogens with zero attached hydrogens (tertiary/aromatic N) is 4. The minimum Gasteiger partial charge on any atom is -0.489 e. The molecule has 4 aromatic rings. The normalized spacial score (nSPS) is 13.9. The molecule has 1 N–H and O–H groups in total. The first-order chi connectivity index (χ1) is 16.0. The maximum absolute atomic E-state index is 12.5. The molecule has 0 saturated heterocycles. The summed E-state index contributed by atoms with van der Waals surface area (Å²) in [7, 11) is 0. The van der Waals surface area contributed by atoms with Crippen LogP contribution >= 0.6 is 11.3 Å². The summed E-state index contributed by atoms with van der Waals surface area (Å²) in [6.07, 6.45) is 3.80. The van der Waals surface area contributed by atoms with Gasteiger partial charge in [-0.3, -0.25) is 0 Å². The molecular weight excluding hydrogens is 450 g/mol. The number of aromatic nitrogens is 4. The first-order valence-corrected chi connectivity index (χ1v) is 12.2. The number of rotatable bonds is 7. The third-order valence-electron chi connectivity index (χ3n) is 5.22. The van der Waals surface area contributed by atoms with Gasteiger partial charge in [-0.2, -0.15) is 5.10 Å². The third kappa shape index (κ3) is 5.30. The molecule has 0 spiro atoms. The summed E-state index contributed by atoms with van der Waals surface area (Å²) in [5.41, 5.74) is 4.15. The molecule has 0 fully saturated rings. The standard InChI is InChI=1S/C25H31N5O3S/c1-16(2)13-25(6,29-23(31)33-24(3,4)5)14-32-19-8-7-17(22-21(19)27-15-34-22)18-9-11-26-20-10-12-28-30(18)20/h7-12,15-16H,13-14H2,1-6H3,(H,29,31)/t25-/m0/s1. The molecule has 9 heteroatoms. The summed E-state index contributed by atoms with van der Waals surface area (Å²) in [6.45, 7) is 12.1. The molecule has 3 heterocycles. The fraction of sp³-hybridized carbons (Fsp3) is 0.440. The number of fused-ring (bicyclic) bond motifs is 2. The van der Waals surface area contributed by atoms with Crippen LogP contribution in [0.25, 0.3) is 27.1 Å². The smallest absolute Gasteiger partial charge is 0.408 e. The van der Waals surface area contributed by atoms with Crippen LogP contribution in [0.2, 0.25) is 0 Å². The van der Waals surface area contributed by atoms with Crippen molar-refractivity contribution in [1.29, 1.82) is 0 Å². The Labute approximate surface area is 203 Å². The Morgan fingerprint density at radius 2 is 1.91 bits per heavy atom. The molecule has 4 rings (SSSR count). The van der Waals surface area contributed by atoms with Crippen molar-refractivity contribution < 1.29 is 14.3 Å². The first kappa shape index (κ1) is 23.9. The number of hydrogen-bond acceptors (Lipinski definition) is 7. The van der Waals surface area contributed by atoms with E-state index < -0.39 is 17.2 Å². The van der Waals surface area contributed by atoms with Crippen LogP contribution in [0, 0.1) is 5.92 Å². The highest BCUT2D eigenvalue weighted by Crippen LogP contribution is 2.36. The van der Waals surface area contributed by atoms with Gasteiger partial charge in [-0.25, -0.2) is 19.3 Å². The first-order valence-electron chi connectivity index (χ1n) is 11.3. The van der Waals surface area contributed by atoms with Crippen molar-refractivity contribution in [1.82, 2.24) is 24.9 Å². The lowest BCUT2D eigenvalue weighted by Gasteiger charge is -2.33. The van der Waals surface area contributed by atoms with Crippen molar-refractivity contribution in [3.8, 4) is 17.0 Å². The van der Waals surface area contributed by atoms with Gasteiger partial charge in [0, 0.05) is 17.8 Å². The average Bonchev–Trinajstić information content (AvgIpc) is 3.39. The highest BCUT2D eigenvalue weighted by molar-refractivity contribution is 7.17. The van der Waals surface area contributed by atoms with Crippen LogP contribution in [-0.2, 0) is 4.74 Å². The SMILES string of the molecule is CC(C)C[C@@](C)(COc1ccc(-c2ccnc3ccnn23)c2scnc12)NC(=O)OC(C)(C)C. The predicted molar refractivity (Wildman–Crippen MR) is 134 cm³/mol. The number of hydrogen-bond donors (Lipinski definition) is 1. The summed E-state index contributed by atoms with van der Waals surface area (Å²) >= 11 is 1.55. The summed E-state index contributed by atoms with van der Waals surface area (Å²) in [6, 6.07) is 7.77. The van der Waals surface area contributed by atoms with Crippen molar-refractivity contribution in [3.05, 3.63) is 42.2 Å². The molecule has 180 valence electrons. The van der Waals surface area contributed by atoms with Gasteiger partial charge in [-0.05, 0) is 58.2 Å². The van der Waals surface area contributed by atoms with Gasteiger partial charge in [-0.15, -0.1) is 11.3 Å². The molecule has 0 saturated carbocycles. The van der Waals surface area contributed by atoms with E-state index in [0.717, 1.165) is 33.5 Å². The molecule has 8 nitrogen and oxygen atoms in total. The predicted octanol–water partition coefficient (Wildman–Crippen LogP) is 5.71. The van der Waals surface area contributed by atoms with Crippen molar-refractivity contribution in [2.45, 2.75) is 59.1 Å². The molecule has 1 atom stereocenters. The van der Waals surface area contributed by atoms with E-state index in [-0.39, 0.29) is 6.61 Å². The van der Waals surface area contributed by atoms with Gasteiger partial charge < -0.3 is 14.8 Å². The molecule has 0 aliphatic carbocycles. The number of nitrogens with one attached hydrogen (secondary N) is 1. The van der Waals surface area contributed by atoms with Crippen LogP contribution in [0.5, 0.6) is 5.75 Å². The van der Waals surface area contributed by atoms with Crippen LogP contribution in [0.1, 0.15) is 48.0 Å². The van der Waals surface area contributed by atoms with Crippen LogP contribution in [-0.4, -0.2) is 43.4 Å². The molecular formula is C25H31N5O3S. The molecule has 3 aromatic heterocycles. The molecule has 1 amide bonds. The topological polar surface area (TPSA) is 90.6 Å². The van der Waals surface area contributed by atoms with E-state index in [0.29, 0.717) is 11.7 Å². The number of amides is 1. The van der Waals surface area contributed by atoms with Crippen LogP contribution in [0.3, 0.4) is 0 Å². The third-order valence-corrected chi connectivity index (χ3v) is 6.08. The van der Waals surface area contributed by atoms with E-state index in [1.807, 2.05) is 62.0 Å². The molecule has 1 aromatic carbocycles. The lowest BCUT2D eigenvalue weighted by molar-refractivity contribution is 0.0408. The number of alkyl carbamates (subject to hydrolysis) is 1. The van der Waals surface area contributed by atoms with E-state index in [1.54, 1.807) is 23.7 Å². The Morgan fingerprint density at radius 3 is 2.65 bits per heavy atom. The molecule has 0 aliphatic rings. The Balaban J connectivity index is 1.60. The van der Waals surface area contributed by atoms with Crippen LogP contribution < -0.4 is 10.1 Å². The van der Waals surface area contributed by atoms with E-state index in [1.165, 1.54) is 0 Å². The lowest BCUT2D eigenvalue weighted by Crippen LogP contribution is -2.52. The summed E-state index contributed by atoms with van der Waals surface area (Å²) < 4.78 is 14.6. The van der Waals surface area contributed by atoms with E-state index >= 15 is 0 Å². The van der Waals surface area contributed by atoms with Gasteiger partial charge in [0.15, 0.2) is 5.65 Å². The van der Waals surface area contributed by atoms with Gasteiger partial charge in [0.05, 0.1) is 27.6 Å². The number of carbonyl (C=O) groups is 1. The highest BCUT2D eigenvalue weighted by atomic mass is 32.1. The average molecular weight is 482 g/mol. The fourth-order valence-electron chi connectivity index (χ4n) is 4.12. The minimum atomic E-state index is -0.607. The zero-order valence-corrected chi connectivity index (χ0v) is 21.3. The highest BCUT2D eigenvalue weighted by Gasteiger charge is 2.31. The van der Waals surface area contributed by atoms with Crippen molar-refractivity contribution in [2.24, 2.45) is 5.92 Å². The largest absolute Gasteiger partial charge is 0.489 e. The van der Waals surface area contributed by atoms with Crippen LogP contribution in [0.15, 0.2) is 42.2 Å². The lowest BCUT2D eigenvalue weighted by atomic mass is 9.91. The second-order valence-corrected chi connectivity index (χ2v) is 11.0.